The average molecular weight is 906 g/mol. The Kier molecular flexibility index (Phi) is 14.1. The van der Waals surface area contributed by atoms with Crippen molar-refractivity contribution in [2.75, 3.05) is 46.1 Å². The van der Waals surface area contributed by atoms with Gasteiger partial charge in [0.15, 0.2) is 0 Å². The lowest BCUT2D eigenvalue weighted by molar-refractivity contribution is -0.136. The van der Waals surface area contributed by atoms with Gasteiger partial charge in [0.05, 0.1) is 67.1 Å². The third-order valence-electron chi connectivity index (χ3n) is 13.4. The zero-order chi connectivity index (χ0) is 46.6. The second-order valence-electron chi connectivity index (χ2n) is 18.3. The van der Waals surface area contributed by atoms with Gasteiger partial charge in [-0.3, -0.25) is 9.59 Å². The number of nitrogens with one attached hydrogen (secondary N) is 4. The molecule has 352 valence electrons. The van der Waals surface area contributed by atoms with Gasteiger partial charge in [0, 0.05) is 25.9 Å². The average Bonchev–Trinajstić information content (AvgIpc) is 4.18. The van der Waals surface area contributed by atoms with E-state index in [0.717, 1.165) is 94.6 Å². The van der Waals surface area contributed by atoms with E-state index < -0.39 is 24.3 Å². The maximum absolute atomic E-state index is 13.9. The molecule has 3 fully saturated rings. The normalized spacial score (nSPS) is 20.7. The number of methoxy groups -OCH3 is 3. The Bertz CT molecular complexity index is 2380. The first kappa shape index (κ1) is 46.3. The number of fused-ring (bicyclic) bond motifs is 2. The van der Waals surface area contributed by atoms with Crippen LogP contribution in [0.2, 0.25) is 0 Å². The number of hydrogen-bond acceptors (Lipinski definition) is 11. The molecule has 0 unspecified atom stereocenters. The molecule has 0 saturated carbocycles. The Morgan fingerprint density at radius 2 is 1.12 bits per heavy atom. The SMILES string of the molecule is COCOCc1ccc(N2[C@@H](c3ccc4nc([C@@H]5CCCN5C(=O)[C@@H](NC(=O)OC)C(C)C)[nH]c4c3)CC[C@@H]2c2ccc3nc([C@@H]4CCCN4C(=O)[C@@H](NC(=O)OC)C(C)C)[nH]c3c2)cc1. The number of imidazole rings is 2. The van der Waals surface area contributed by atoms with Gasteiger partial charge in [-0.05, 0) is 103 Å². The summed E-state index contributed by atoms with van der Waals surface area (Å²) in [5, 5.41) is 5.47. The summed E-state index contributed by atoms with van der Waals surface area (Å²) >= 11 is 0. The van der Waals surface area contributed by atoms with E-state index in [1.54, 1.807) is 7.11 Å². The standard InChI is InChI=1S/C49H63N9O8/c1-28(2)42(54-48(61)64-6)46(59)56-22-8-10-40(56)44-50-34-18-14-31(24-36(34)52-44)38-20-21-39(58(38)33-16-12-30(13-17-33)26-66-27-63-5)32-15-19-35-37(25-32)53-45(51-35)41-11-9-23-57(41)47(60)43(29(3)4)55-49(62)65-7/h12-19,24-25,28-29,38-43H,8-11,20-23,26-27H2,1-7H3,(H,50,52)(H,51,53)(H,54,61)(H,55,62)/t38-,39-,40+,41+,42+,43+/m1/s1. The minimum Gasteiger partial charge on any atom is -0.453 e. The Morgan fingerprint density at radius 1 is 0.652 bits per heavy atom. The fourth-order valence-electron chi connectivity index (χ4n) is 10.0. The number of amides is 4. The molecular weight excluding hydrogens is 843 g/mol. The first-order valence-corrected chi connectivity index (χ1v) is 23.1. The van der Waals surface area contributed by atoms with Crippen molar-refractivity contribution < 1.29 is 38.1 Å². The van der Waals surface area contributed by atoms with Crippen molar-refractivity contribution in [1.82, 2.24) is 40.4 Å². The minimum absolute atomic E-state index is 0.0288. The molecule has 3 aliphatic rings. The van der Waals surface area contributed by atoms with Gasteiger partial charge in [-0.1, -0.05) is 52.0 Å². The first-order valence-electron chi connectivity index (χ1n) is 23.1. The summed E-state index contributed by atoms with van der Waals surface area (Å²) in [5.41, 5.74) is 7.86. The summed E-state index contributed by atoms with van der Waals surface area (Å²) < 4.78 is 20.4. The number of carbonyl (C=O) groups excluding carboxylic acids is 4. The highest BCUT2D eigenvalue weighted by Gasteiger charge is 2.40. The van der Waals surface area contributed by atoms with Gasteiger partial charge < -0.3 is 54.2 Å². The molecular formula is C49H63N9O8. The smallest absolute Gasteiger partial charge is 0.407 e. The number of rotatable bonds is 15. The van der Waals surface area contributed by atoms with Crippen molar-refractivity contribution in [1.29, 1.82) is 0 Å². The van der Waals surface area contributed by atoms with Gasteiger partial charge in [0.1, 0.15) is 30.5 Å². The summed E-state index contributed by atoms with van der Waals surface area (Å²) in [4.78, 5) is 75.5. The number of ether oxygens (including phenoxy) is 4. The lowest BCUT2D eigenvalue weighted by Gasteiger charge is -2.33. The Hall–Kier alpha value is -6.20. The number of likely N-dealkylation sites (tertiary alicyclic amines) is 2. The van der Waals surface area contributed by atoms with Crippen molar-refractivity contribution in [3.8, 4) is 0 Å². The molecule has 2 aromatic heterocycles. The van der Waals surface area contributed by atoms with Crippen LogP contribution in [0.1, 0.15) is 119 Å². The molecule has 66 heavy (non-hydrogen) atoms. The van der Waals surface area contributed by atoms with Crippen LogP contribution in [0, 0.1) is 11.8 Å². The van der Waals surface area contributed by atoms with Gasteiger partial charge in [0.25, 0.3) is 0 Å². The monoisotopic (exact) mass is 905 g/mol. The van der Waals surface area contributed by atoms with Crippen molar-refractivity contribution in [2.24, 2.45) is 11.8 Å². The number of hydrogen-bond donors (Lipinski definition) is 4. The fraction of sp³-hybridized carbons (Fsp3) is 0.510. The maximum Gasteiger partial charge on any atom is 0.407 e. The topological polar surface area (TPSA) is 196 Å². The molecule has 3 saturated heterocycles. The third-order valence-corrected chi connectivity index (χ3v) is 13.4. The summed E-state index contributed by atoms with van der Waals surface area (Å²) in [6.45, 7) is 9.45. The molecule has 5 aromatic rings. The van der Waals surface area contributed by atoms with Crippen LogP contribution in [0.3, 0.4) is 0 Å². The molecule has 0 spiro atoms. The van der Waals surface area contributed by atoms with Crippen LogP contribution < -0.4 is 15.5 Å². The summed E-state index contributed by atoms with van der Waals surface area (Å²) in [6, 6.07) is 19.5. The second kappa shape index (κ2) is 20.1. The lowest BCUT2D eigenvalue weighted by atomic mass is 10.0. The highest BCUT2D eigenvalue weighted by Crippen LogP contribution is 2.48. The van der Waals surface area contributed by atoms with E-state index in [4.69, 9.17) is 28.9 Å². The fourth-order valence-corrected chi connectivity index (χ4v) is 10.0. The molecule has 6 atom stereocenters. The molecule has 5 heterocycles. The molecule has 0 aliphatic carbocycles. The molecule has 3 aliphatic heterocycles. The number of alkyl carbamates (subject to hydrolysis) is 2. The highest BCUT2D eigenvalue weighted by atomic mass is 16.7. The Labute approximate surface area is 385 Å². The highest BCUT2D eigenvalue weighted by molar-refractivity contribution is 5.87. The van der Waals surface area contributed by atoms with Crippen LogP contribution in [0.4, 0.5) is 15.3 Å². The number of benzene rings is 3. The first-order chi connectivity index (χ1) is 31.9. The number of nitrogens with zero attached hydrogens (tertiary/aromatic N) is 5. The van der Waals surface area contributed by atoms with E-state index in [2.05, 4.69) is 86.2 Å². The van der Waals surface area contributed by atoms with Crippen LogP contribution in [0.15, 0.2) is 60.7 Å². The number of carbonyl (C=O) groups is 4. The Balaban J connectivity index is 1.08. The van der Waals surface area contributed by atoms with Gasteiger partial charge in [0.2, 0.25) is 11.8 Å². The van der Waals surface area contributed by atoms with Gasteiger partial charge >= 0.3 is 12.2 Å². The maximum atomic E-state index is 13.9. The lowest BCUT2D eigenvalue weighted by Crippen LogP contribution is -2.51. The molecule has 4 N–H and O–H groups in total. The van der Waals surface area contributed by atoms with Crippen molar-refractivity contribution in [3.05, 3.63) is 89.0 Å². The summed E-state index contributed by atoms with van der Waals surface area (Å²) in [6.07, 6.45) is 3.71. The molecule has 17 nitrogen and oxygen atoms in total. The molecule has 8 rings (SSSR count). The largest absolute Gasteiger partial charge is 0.453 e. The number of H-pyrrole nitrogens is 2. The zero-order valence-corrected chi connectivity index (χ0v) is 39.0. The summed E-state index contributed by atoms with van der Waals surface area (Å²) in [7, 11) is 4.20. The Morgan fingerprint density at radius 3 is 1.55 bits per heavy atom. The molecule has 17 heteroatoms. The molecule has 4 amide bonds. The van der Waals surface area contributed by atoms with E-state index in [0.29, 0.717) is 19.7 Å². The van der Waals surface area contributed by atoms with Crippen LogP contribution in [-0.4, -0.2) is 107 Å². The van der Waals surface area contributed by atoms with E-state index >= 15 is 0 Å². The van der Waals surface area contributed by atoms with E-state index in [9.17, 15) is 19.2 Å². The predicted octanol–water partition coefficient (Wildman–Crippen LogP) is 7.73. The van der Waals surface area contributed by atoms with Gasteiger partial charge in [-0.15, -0.1) is 0 Å². The molecule has 3 aromatic carbocycles. The minimum atomic E-state index is -0.715. The van der Waals surface area contributed by atoms with Crippen LogP contribution in [0.5, 0.6) is 0 Å². The van der Waals surface area contributed by atoms with E-state index in [1.807, 2.05) is 37.5 Å². The summed E-state index contributed by atoms with van der Waals surface area (Å²) in [5.74, 6) is 0.915. The third kappa shape index (κ3) is 9.54. The second-order valence-corrected chi connectivity index (χ2v) is 18.3. The van der Waals surface area contributed by atoms with Crippen LogP contribution in [0.25, 0.3) is 22.1 Å². The van der Waals surface area contributed by atoms with Crippen molar-refractivity contribution in [2.45, 2.75) is 109 Å². The number of anilines is 1. The van der Waals surface area contributed by atoms with E-state index in [-0.39, 0.29) is 54.6 Å². The van der Waals surface area contributed by atoms with Crippen molar-refractivity contribution >= 4 is 51.8 Å². The van der Waals surface area contributed by atoms with Crippen LogP contribution in [-0.2, 0) is 35.1 Å². The molecule has 0 radical (unpaired) electrons. The predicted molar refractivity (Wildman–Crippen MR) is 248 cm³/mol. The van der Waals surface area contributed by atoms with Crippen molar-refractivity contribution in [3.63, 3.8) is 0 Å². The van der Waals surface area contributed by atoms with Crippen LogP contribution >= 0.6 is 0 Å². The van der Waals surface area contributed by atoms with Gasteiger partial charge in [-0.2, -0.15) is 0 Å². The zero-order valence-electron chi connectivity index (χ0n) is 39.0. The number of aromatic amines is 2. The quantitative estimate of drug-likeness (QED) is 0.0593. The van der Waals surface area contributed by atoms with Gasteiger partial charge in [-0.25, -0.2) is 19.6 Å². The number of aromatic nitrogens is 4. The molecule has 0 bridgehead atoms. The van der Waals surface area contributed by atoms with E-state index in [1.165, 1.54) is 14.2 Å².